The minimum atomic E-state index is -0.735. The number of hydrogen-bond acceptors (Lipinski definition) is 3. The molecule has 6 nitrogen and oxygen atoms in total. The lowest BCUT2D eigenvalue weighted by molar-refractivity contribution is -0.120. The highest BCUT2D eigenvalue weighted by Gasteiger charge is 2.27. The van der Waals surface area contributed by atoms with Crippen molar-refractivity contribution in [3.63, 3.8) is 0 Å². The first-order chi connectivity index (χ1) is 12.5. The Morgan fingerprint density at radius 1 is 1.27 bits per heavy atom. The Morgan fingerprint density at radius 2 is 2.00 bits per heavy atom. The maximum Gasteiger partial charge on any atom is 0.270 e. The third-order valence-electron chi connectivity index (χ3n) is 4.67. The van der Waals surface area contributed by atoms with Crippen LogP contribution >= 0.6 is 0 Å². The number of aromatic nitrogens is 2. The van der Waals surface area contributed by atoms with Crippen molar-refractivity contribution in [2.75, 3.05) is 6.67 Å². The number of unbranched alkanes of at least 4 members (excludes halogenated alkanes) is 2. The van der Waals surface area contributed by atoms with E-state index in [0.29, 0.717) is 24.2 Å². The minimum Gasteiger partial charge on any atom is -0.368 e. The van der Waals surface area contributed by atoms with E-state index in [-0.39, 0.29) is 18.5 Å². The number of alkyl halides is 1. The van der Waals surface area contributed by atoms with Crippen LogP contribution in [-0.4, -0.2) is 34.3 Å². The van der Waals surface area contributed by atoms with Gasteiger partial charge < -0.3 is 11.1 Å². The molecular weight excluding hydrogens is 335 g/mol. The highest BCUT2D eigenvalue weighted by Crippen LogP contribution is 2.20. The lowest BCUT2D eigenvalue weighted by atomic mass is 9.98. The summed E-state index contributed by atoms with van der Waals surface area (Å²) in [6.07, 6.45) is 2.67. The van der Waals surface area contributed by atoms with Crippen LogP contribution < -0.4 is 11.1 Å². The number of benzene rings is 1. The average Bonchev–Trinajstić information content (AvgIpc) is 3.00. The normalized spacial score (nSPS) is 13.5. The van der Waals surface area contributed by atoms with Crippen molar-refractivity contribution in [2.24, 2.45) is 11.7 Å². The van der Waals surface area contributed by atoms with Crippen molar-refractivity contribution in [2.45, 2.75) is 52.1 Å². The molecule has 0 aliphatic carbocycles. The van der Waals surface area contributed by atoms with Crippen LogP contribution in [-0.2, 0) is 11.3 Å². The molecule has 7 heteroatoms. The smallest absolute Gasteiger partial charge is 0.270 e. The number of rotatable bonds is 10. The molecule has 0 fully saturated rings. The molecule has 0 radical (unpaired) electrons. The molecule has 2 rings (SSSR count). The van der Waals surface area contributed by atoms with Crippen LogP contribution in [0, 0.1) is 5.92 Å². The van der Waals surface area contributed by atoms with Gasteiger partial charge in [-0.1, -0.05) is 38.5 Å². The van der Waals surface area contributed by atoms with Crippen molar-refractivity contribution in [1.82, 2.24) is 15.1 Å². The number of hydrogen-bond donors (Lipinski definition) is 2. The average molecular weight is 362 g/mol. The Balaban J connectivity index is 2.30. The zero-order valence-electron chi connectivity index (χ0n) is 15.4. The summed E-state index contributed by atoms with van der Waals surface area (Å²) in [4.78, 5) is 24.7. The summed E-state index contributed by atoms with van der Waals surface area (Å²) in [6.45, 7) is 3.99. The van der Waals surface area contributed by atoms with E-state index in [4.69, 9.17) is 5.73 Å². The maximum absolute atomic E-state index is 12.9. The van der Waals surface area contributed by atoms with E-state index < -0.39 is 11.9 Å². The number of nitrogens with zero attached hydrogens (tertiary/aromatic N) is 2. The van der Waals surface area contributed by atoms with Crippen LogP contribution in [0.1, 0.15) is 50.0 Å². The zero-order chi connectivity index (χ0) is 19.1. The number of fused-ring (bicyclic) bond motifs is 1. The number of amides is 2. The quantitative estimate of drug-likeness (QED) is 0.637. The van der Waals surface area contributed by atoms with Gasteiger partial charge in [-0.3, -0.25) is 18.7 Å². The second-order valence-electron chi connectivity index (χ2n) is 6.58. The molecule has 3 N–H and O–H groups in total. The summed E-state index contributed by atoms with van der Waals surface area (Å²) in [5, 5.41) is 7.99. The standard InChI is InChI=1S/C19H27FN4O2/c1-3-13(2)16(18(21)25)22-19(26)17-14-9-5-6-10-15(14)23-24(17)12-8-4-7-11-20/h5-6,9-10,13,16H,3-4,7-8,11-12H2,1-2H3,(H2,21,25)(H,22,26)/t13?,16-/m0/s1. The first-order valence-corrected chi connectivity index (χ1v) is 9.11. The predicted molar refractivity (Wildman–Crippen MR) is 99.5 cm³/mol. The molecule has 1 unspecified atom stereocenters. The largest absolute Gasteiger partial charge is 0.368 e. The minimum absolute atomic E-state index is 0.0661. The topological polar surface area (TPSA) is 90.0 Å². The number of primary amides is 1. The molecular formula is C19H27FN4O2. The monoisotopic (exact) mass is 362 g/mol. The van der Waals surface area contributed by atoms with Gasteiger partial charge in [0.1, 0.15) is 11.7 Å². The SMILES string of the molecule is CCC(C)[C@H](NC(=O)c1c2ccccc2nn1CCCCCF)C(N)=O. The Hall–Kier alpha value is -2.44. The Bertz CT molecular complexity index is 759. The fraction of sp³-hybridized carbons (Fsp3) is 0.526. The number of aryl methyl sites for hydroxylation is 1. The fourth-order valence-electron chi connectivity index (χ4n) is 2.95. The van der Waals surface area contributed by atoms with Crippen LogP contribution in [0.15, 0.2) is 24.3 Å². The van der Waals surface area contributed by atoms with Gasteiger partial charge in [0.05, 0.1) is 12.2 Å². The van der Waals surface area contributed by atoms with Gasteiger partial charge in [-0.2, -0.15) is 5.10 Å². The van der Waals surface area contributed by atoms with Gasteiger partial charge in [0, 0.05) is 11.9 Å². The number of carbonyl (C=O) groups excluding carboxylic acids is 2. The molecule has 1 aromatic carbocycles. The van der Waals surface area contributed by atoms with E-state index in [1.54, 1.807) is 4.68 Å². The van der Waals surface area contributed by atoms with Gasteiger partial charge in [-0.05, 0) is 31.2 Å². The van der Waals surface area contributed by atoms with E-state index in [1.807, 2.05) is 38.1 Å². The summed E-state index contributed by atoms with van der Waals surface area (Å²) < 4.78 is 13.9. The molecule has 0 saturated carbocycles. The highest BCUT2D eigenvalue weighted by molar-refractivity contribution is 6.06. The Labute approximate surface area is 152 Å². The van der Waals surface area contributed by atoms with Crippen LogP contribution in [0.4, 0.5) is 4.39 Å². The maximum atomic E-state index is 12.9. The third kappa shape index (κ3) is 4.59. The molecule has 0 bridgehead atoms. The molecule has 26 heavy (non-hydrogen) atoms. The molecule has 0 aliphatic heterocycles. The van der Waals surface area contributed by atoms with Gasteiger partial charge in [0.25, 0.3) is 5.91 Å². The van der Waals surface area contributed by atoms with Crippen LogP contribution in [0.5, 0.6) is 0 Å². The van der Waals surface area contributed by atoms with E-state index in [9.17, 15) is 14.0 Å². The Morgan fingerprint density at radius 3 is 2.65 bits per heavy atom. The molecule has 1 aromatic heterocycles. The summed E-state index contributed by atoms with van der Waals surface area (Å²) in [6, 6.07) is 6.63. The van der Waals surface area contributed by atoms with Crippen molar-refractivity contribution in [3.05, 3.63) is 30.0 Å². The molecule has 2 aromatic rings. The van der Waals surface area contributed by atoms with E-state index in [0.717, 1.165) is 24.6 Å². The highest BCUT2D eigenvalue weighted by atomic mass is 19.1. The Kier molecular flexibility index (Phi) is 7.12. The van der Waals surface area contributed by atoms with Gasteiger partial charge in [0.15, 0.2) is 0 Å². The van der Waals surface area contributed by atoms with E-state index in [1.165, 1.54) is 0 Å². The number of nitrogens with two attached hydrogens (primary N) is 1. The fourth-order valence-corrected chi connectivity index (χ4v) is 2.95. The van der Waals surface area contributed by atoms with Crippen molar-refractivity contribution in [3.8, 4) is 0 Å². The summed E-state index contributed by atoms with van der Waals surface area (Å²) in [5.74, 6) is -0.983. The van der Waals surface area contributed by atoms with Gasteiger partial charge in [0.2, 0.25) is 5.91 Å². The van der Waals surface area contributed by atoms with E-state index >= 15 is 0 Å². The first-order valence-electron chi connectivity index (χ1n) is 9.11. The lowest BCUT2D eigenvalue weighted by Crippen LogP contribution is -2.48. The second-order valence-corrected chi connectivity index (χ2v) is 6.58. The first kappa shape index (κ1) is 19.9. The summed E-state index contributed by atoms with van der Waals surface area (Å²) in [5.41, 5.74) is 6.59. The van der Waals surface area contributed by atoms with Gasteiger partial charge in [-0.15, -0.1) is 0 Å². The van der Waals surface area contributed by atoms with Crippen LogP contribution in [0.2, 0.25) is 0 Å². The van der Waals surface area contributed by atoms with Crippen LogP contribution in [0.25, 0.3) is 10.9 Å². The summed E-state index contributed by atoms with van der Waals surface area (Å²) >= 11 is 0. The summed E-state index contributed by atoms with van der Waals surface area (Å²) in [7, 11) is 0. The molecule has 0 spiro atoms. The van der Waals surface area contributed by atoms with Gasteiger partial charge >= 0.3 is 0 Å². The molecule has 0 saturated heterocycles. The van der Waals surface area contributed by atoms with Crippen LogP contribution in [0.3, 0.4) is 0 Å². The molecule has 2 amide bonds. The molecule has 1 heterocycles. The zero-order valence-corrected chi connectivity index (χ0v) is 15.4. The predicted octanol–water partition coefficient (Wildman–Crippen LogP) is 2.81. The van der Waals surface area contributed by atoms with E-state index in [2.05, 4.69) is 10.4 Å². The number of halogens is 1. The molecule has 2 atom stereocenters. The van der Waals surface area contributed by atoms with Crippen molar-refractivity contribution in [1.29, 1.82) is 0 Å². The molecule has 142 valence electrons. The van der Waals surface area contributed by atoms with Crippen molar-refractivity contribution >= 4 is 22.7 Å². The van der Waals surface area contributed by atoms with Gasteiger partial charge in [-0.25, -0.2) is 0 Å². The number of nitrogens with one attached hydrogen (secondary N) is 1. The lowest BCUT2D eigenvalue weighted by Gasteiger charge is -2.21. The van der Waals surface area contributed by atoms with Crippen molar-refractivity contribution < 1.29 is 14.0 Å². The third-order valence-corrected chi connectivity index (χ3v) is 4.67. The molecule has 0 aliphatic rings. The number of carbonyl (C=O) groups is 2. The second kappa shape index (κ2) is 9.31.